The summed E-state index contributed by atoms with van der Waals surface area (Å²) in [5.74, 6) is -1.87. The van der Waals surface area contributed by atoms with E-state index in [9.17, 15) is 19.5 Å². The van der Waals surface area contributed by atoms with E-state index >= 15 is 0 Å². The second kappa shape index (κ2) is 13.1. The number of esters is 1. The highest BCUT2D eigenvalue weighted by Crippen LogP contribution is 2.44. The number of amides is 1. The number of nitrogens with zero attached hydrogens (tertiary/aromatic N) is 4. The van der Waals surface area contributed by atoms with E-state index < -0.39 is 17.9 Å². The van der Waals surface area contributed by atoms with Crippen molar-refractivity contribution < 1.29 is 24.2 Å². The molecule has 0 aliphatic heterocycles. The maximum absolute atomic E-state index is 12.6. The number of ether oxygens (including phenoxy) is 1. The zero-order valence-electron chi connectivity index (χ0n) is 23.2. The molecule has 1 aliphatic rings. The molecule has 0 radical (unpaired) electrons. The van der Waals surface area contributed by atoms with E-state index in [-0.39, 0.29) is 24.9 Å². The molecule has 1 amide bonds. The Bertz CT molecular complexity index is 1530. The molecule has 1 unspecified atom stereocenters. The van der Waals surface area contributed by atoms with Crippen molar-refractivity contribution in [2.45, 2.75) is 38.5 Å². The van der Waals surface area contributed by atoms with Crippen LogP contribution in [0.1, 0.15) is 58.9 Å². The number of aromatic nitrogens is 4. The summed E-state index contributed by atoms with van der Waals surface area (Å²) < 4.78 is 5.60. The lowest BCUT2D eigenvalue weighted by molar-refractivity contribution is -0.152. The Balaban J connectivity index is 1.05. The number of hydrogen-bond donors (Lipinski definition) is 2. The monoisotopic (exact) mass is 565 g/mol. The van der Waals surface area contributed by atoms with E-state index in [1.165, 1.54) is 0 Å². The van der Waals surface area contributed by atoms with E-state index in [0.29, 0.717) is 48.6 Å². The third kappa shape index (κ3) is 6.65. The first kappa shape index (κ1) is 28.5. The smallest absolute Gasteiger partial charge is 0.307 e. The Hall–Kier alpha value is -4.99. The van der Waals surface area contributed by atoms with Crippen LogP contribution in [-0.4, -0.2) is 56.5 Å². The van der Waals surface area contributed by atoms with Gasteiger partial charge in [-0.15, -0.1) is 20.4 Å². The van der Waals surface area contributed by atoms with Crippen molar-refractivity contribution in [2.75, 3.05) is 13.2 Å². The number of carboxylic acid groups (broad SMARTS) is 1. The molecule has 1 aromatic heterocycles. The predicted molar refractivity (Wildman–Crippen MR) is 154 cm³/mol. The highest BCUT2D eigenvalue weighted by atomic mass is 16.5. The SMILES string of the molecule is Cc1nnc(-c2ccc(C(=O)NCCCCC(CC(=O)OCC3c4ccccc4-c4ccccc43)C(=O)O)cc2)nn1. The lowest BCUT2D eigenvalue weighted by Gasteiger charge is -2.16. The van der Waals surface area contributed by atoms with Crippen LogP contribution in [-0.2, 0) is 14.3 Å². The molecule has 4 aromatic rings. The molecular formula is C32H31N5O5. The van der Waals surface area contributed by atoms with Gasteiger partial charge in [-0.25, -0.2) is 0 Å². The van der Waals surface area contributed by atoms with Gasteiger partial charge in [0.2, 0.25) is 5.82 Å². The summed E-state index contributed by atoms with van der Waals surface area (Å²) in [6.45, 7) is 2.24. The number of hydrogen-bond acceptors (Lipinski definition) is 8. The van der Waals surface area contributed by atoms with Crippen molar-refractivity contribution >= 4 is 17.8 Å². The van der Waals surface area contributed by atoms with Crippen molar-refractivity contribution in [3.05, 3.63) is 95.3 Å². The molecule has 2 N–H and O–H groups in total. The van der Waals surface area contributed by atoms with Crippen molar-refractivity contribution in [3.63, 3.8) is 0 Å². The molecular weight excluding hydrogens is 534 g/mol. The number of fused-ring (bicyclic) bond motifs is 3. The molecule has 1 aliphatic carbocycles. The van der Waals surface area contributed by atoms with Crippen LogP contribution in [0.15, 0.2) is 72.8 Å². The minimum absolute atomic E-state index is 0.0746. The molecule has 0 saturated heterocycles. The summed E-state index contributed by atoms with van der Waals surface area (Å²) in [7, 11) is 0. The lowest BCUT2D eigenvalue weighted by Crippen LogP contribution is -2.25. The van der Waals surface area contributed by atoms with Crippen LogP contribution in [0.2, 0.25) is 0 Å². The first-order chi connectivity index (χ1) is 20.4. The number of benzene rings is 3. The van der Waals surface area contributed by atoms with Crippen LogP contribution >= 0.6 is 0 Å². The molecule has 3 aromatic carbocycles. The van der Waals surface area contributed by atoms with E-state index in [0.717, 1.165) is 22.3 Å². The Kier molecular flexibility index (Phi) is 8.91. The van der Waals surface area contributed by atoms with Crippen molar-refractivity contribution in [3.8, 4) is 22.5 Å². The topological polar surface area (TPSA) is 144 Å². The van der Waals surface area contributed by atoms with E-state index in [2.05, 4.69) is 37.8 Å². The average molecular weight is 566 g/mol. The third-order valence-corrected chi connectivity index (χ3v) is 7.38. The van der Waals surface area contributed by atoms with Gasteiger partial charge in [0.1, 0.15) is 6.61 Å². The zero-order chi connectivity index (χ0) is 29.5. The van der Waals surface area contributed by atoms with Gasteiger partial charge in [0.15, 0.2) is 5.82 Å². The van der Waals surface area contributed by atoms with E-state index in [1.807, 2.05) is 36.4 Å². The van der Waals surface area contributed by atoms with Crippen LogP contribution in [0.25, 0.3) is 22.5 Å². The minimum Gasteiger partial charge on any atom is -0.481 e. The molecule has 1 heterocycles. The summed E-state index contributed by atoms with van der Waals surface area (Å²) in [6.07, 6.45) is 1.23. The van der Waals surface area contributed by atoms with Gasteiger partial charge in [-0.3, -0.25) is 14.4 Å². The lowest BCUT2D eigenvalue weighted by atomic mass is 9.97. The van der Waals surface area contributed by atoms with E-state index in [1.54, 1.807) is 31.2 Å². The highest BCUT2D eigenvalue weighted by Gasteiger charge is 2.30. The molecule has 0 saturated carbocycles. The number of nitrogens with one attached hydrogen (secondary N) is 1. The fourth-order valence-corrected chi connectivity index (χ4v) is 5.17. The number of carboxylic acids is 1. The van der Waals surface area contributed by atoms with Gasteiger partial charge in [0.05, 0.1) is 12.3 Å². The molecule has 0 spiro atoms. The van der Waals surface area contributed by atoms with E-state index in [4.69, 9.17) is 4.74 Å². The van der Waals surface area contributed by atoms with Crippen LogP contribution in [0.3, 0.4) is 0 Å². The number of aryl methyl sites for hydroxylation is 1. The fourth-order valence-electron chi connectivity index (χ4n) is 5.17. The highest BCUT2D eigenvalue weighted by molar-refractivity contribution is 5.94. The van der Waals surface area contributed by atoms with Crippen molar-refractivity contribution in [1.29, 1.82) is 0 Å². The minimum atomic E-state index is -1.03. The van der Waals surface area contributed by atoms with Gasteiger partial charge >= 0.3 is 11.9 Å². The van der Waals surface area contributed by atoms with Gasteiger partial charge < -0.3 is 15.2 Å². The molecule has 10 nitrogen and oxygen atoms in total. The van der Waals surface area contributed by atoms with Crippen LogP contribution in [0, 0.1) is 12.8 Å². The van der Waals surface area contributed by atoms with Crippen LogP contribution < -0.4 is 5.32 Å². The second-order valence-corrected chi connectivity index (χ2v) is 10.2. The Labute approximate surface area is 243 Å². The predicted octanol–water partition coefficient (Wildman–Crippen LogP) is 4.59. The van der Waals surface area contributed by atoms with Crippen LogP contribution in [0.5, 0.6) is 0 Å². The maximum Gasteiger partial charge on any atom is 0.307 e. The standard InChI is InChI=1S/C32H31N5O5/c1-20-34-36-30(37-35-20)21-13-15-22(16-14-21)31(39)33-17-7-6-8-23(32(40)41)18-29(38)42-19-28-26-11-4-2-9-24(26)25-10-3-5-12-27(25)28/h2-5,9-16,23,28H,6-8,17-19H2,1H3,(H,33,39)(H,40,41). The normalized spacial score (nSPS) is 12.7. The Morgan fingerprint density at radius 1 is 0.857 bits per heavy atom. The number of carbonyl (C=O) groups is 3. The third-order valence-electron chi connectivity index (χ3n) is 7.38. The zero-order valence-corrected chi connectivity index (χ0v) is 23.2. The second-order valence-electron chi connectivity index (χ2n) is 10.2. The largest absolute Gasteiger partial charge is 0.481 e. The molecule has 5 rings (SSSR count). The summed E-state index contributed by atoms with van der Waals surface area (Å²) in [6, 6.07) is 22.9. The molecule has 10 heteroatoms. The average Bonchev–Trinajstić information content (AvgIpc) is 3.33. The molecule has 0 bridgehead atoms. The Morgan fingerprint density at radius 2 is 1.48 bits per heavy atom. The van der Waals surface area contributed by atoms with Crippen molar-refractivity contribution in [2.24, 2.45) is 5.92 Å². The van der Waals surface area contributed by atoms with Gasteiger partial charge in [0.25, 0.3) is 5.91 Å². The van der Waals surface area contributed by atoms with Gasteiger partial charge in [-0.1, -0.05) is 67.1 Å². The summed E-state index contributed by atoms with van der Waals surface area (Å²) in [5.41, 5.74) is 5.65. The summed E-state index contributed by atoms with van der Waals surface area (Å²) in [4.78, 5) is 37.0. The first-order valence-electron chi connectivity index (χ1n) is 13.9. The summed E-state index contributed by atoms with van der Waals surface area (Å²) in [5, 5.41) is 28.3. The van der Waals surface area contributed by atoms with Crippen LogP contribution in [0.4, 0.5) is 0 Å². The number of unbranched alkanes of at least 4 members (excludes halogenated alkanes) is 1. The first-order valence-corrected chi connectivity index (χ1v) is 13.9. The maximum atomic E-state index is 12.6. The van der Waals surface area contributed by atoms with Gasteiger partial charge in [-0.05, 0) is 54.2 Å². The van der Waals surface area contributed by atoms with Gasteiger partial charge in [0, 0.05) is 23.6 Å². The van der Waals surface area contributed by atoms with Gasteiger partial charge in [-0.2, -0.15) is 0 Å². The fraction of sp³-hybridized carbons (Fsp3) is 0.281. The Morgan fingerprint density at radius 3 is 2.10 bits per heavy atom. The van der Waals surface area contributed by atoms with Crippen molar-refractivity contribution in [1.82, 2.24) is 25.7 Å². The molecule has 1 atom stereocenters. The molecule has 42 heavy (non-hydrogen) atoms. The number of rotatable bonds is 12. The molecule has 214 valence electrons. The molecule has 0 fully saturated rings. The number of carbonyl (C=O) groups excluding carboxylic acids is 2. The number of aliphatic carboxylic acids is 1. The summed E-state index contributed by atoms with van der Waals surface area (Å²) >= 11 is 0. The quantitative estimate of drug-likeness (QED) is 0.186.